The van der Waals surface area contributed by atoms with Crippen molar-refractivity contribution in [1.82, 2.24) is 14.9 Å². The van der Waals surface area contributed by atoms with Crippen LogP contribution in [0.4, 0.5) is 0 Å². The molecule has 0 spiro atoms. The molecule has 1 atom stereocenters. The van der Waals surface area contributed by atoms with Gasteiger partial charge < -0.3 is 9.88 Å². The molecule has 3 nitrogen and oxygen atoms in total. The summed E-state index contributed by atoms with van der Waals surface area (Å²) in [5.41, 5.74) is 0. The topological polar surface area (TPSA) is 29.9 Å². The van der Waals surface area contributed by atoms with Gasteiger partial charge in [0.25, 0.3) is 0 Å². The number of aromatic nitrogens is 2. The molecule has 11 heavy (non-hydrogen) atoms. The fourth-order valence-corrected chi connectivity index (χ4v) is 1.25. The van der Waals surface area contributed by atoms with Crippen molar-refractivity contribution in [2.45, 2.75) is 19.9 Å². The zero-order chi connectivity index (χ0) is 8.27. The third kappa shape index (κ3) is 1.80. The number of hydrogen-bond acceptors (Lipinski definition) is 2. The first-order chi connectivity index (χ1) is 5.25. The lowest BCUT2D eigenvalue weighted by atomic mass is 10.3. The number of nitrogens with one attached hydrogen (secondary N) is 1. The molecule has 0 amide bonds. The average Bonchev–Trinajstić information content (AvgIpc) is 2.36. The minimum atomic E-state index is 0.488. The van der Waals surface area contributed by atoms with E-state index in [1.165, 1.54) is 0 Å². The van der Waals surface area contributed by atoms with Crippen molar-refractivity contribution in [3.8, 4) is 0 Å². The Hall–Kier alpha value is -0.830. The zero-order valence-corrected chi connectivity index (χ0v) is 7.33. The van der Waals surface area contributed by atoms with Crippen molar-refractivity contribution in [3.63, 3.8) is 0 Å². The second-order valence-electron chi connectivity index (χ2n) is 2.79. The van der Waals surface area contributed by atoms with Crippen LogP contribution in [0.1, 0.15) is 18.8 Å². The molecular weight excluding hydrogens is 138 g/mol. The maximum atomic E-state index is 4.16. The summed E-state index contributed by atoms with van der Waals surface area (Å²) >= 11 is 0. The molecule has 1 unspecified atom stereocenters. The van der Waals surface area contributed by atoms with Gasteiger partial charge in [-0.2, -0.15) is 0 Å². The molecule has 0 aliphatic heterocycles. The summed E-state index contributed by atoms with van der Waals surface area (Å²) in [7, 11) is 1.96. The highest BCUT2D eigenvalue weighted by Crippen LogP contribution is 2.06. The van der Waals surface area contributed by atoms with Crippen molar-refractivity contribution < 1.29 is 0 Å². The first-order valence-corrected chi connectivity index (χ1v) is 3.89. The van der Waals surface area contributed by atoms with Crippen LogP contribution in [0.3, 0.4) is 0 Å². The summed E-state index contributed by atoms with van der Waals surface area (Å²) in [6.45, 7) is 5.18. The van der Waals surface area contributed by atoms with Crippen molar-refractivity contribution in [2.75, 3.05) is 13.6 Å². The first kappa shape index (κ1) is 8.27. The van der Waals surface area contributed by atoms with E-state index in [4.69, 9.17) is 0 Å². The standard InChI is InChI=1S/C8H15N3/c1-7(6-9-3)11-5-4-10-8(11)2/h4-5,7,9H,6H2,1-3H3. The molecule has 1 rings (SSSR count). The van der Waals surface area contributed by atoms with Crippen molar-refractivity contribution in [3.05, 3.63) is 18.2 Å². The quantitative estimate of drug-likeness (QED) is 0.701. The molecular formula is C8H15N3. The summed E-state index contributed by atoms with van der Waals surface area (Å²) in [6, 6.07) is 0.488. The normalized spacial score (nSPS) is 13.4. The van der Waals surface area contributed by atoms with E-state index in [0.717, 1.165) is 12.4 Å². The van der Waals surface area contributed by atoms with Crippen LogP contribution < -0.4 is 5.32 Å². The van der Waals surface area contributed by atoms with Crippen LogP contribution in [0, 0.1) is 6.92 Å². The van der Waals surface area contributed by atoms with E-state index in [9.17, 15) is 0 Å². The molecule has 1 N–H and O–H groups in total. The Labute approximate surface area is 67.4 Å². The van der Waals surface area contributed by atoms with E-state index in [0.29, 0.717) is 6.04 Å². The van der Waals surface area contributed by atoms with Gasteiger partial charge in [-0.3, -0.25) is 0 Å². The van der Waals surface area contributed by atoms with Gasteiger partial charge in [-0.15, -0.1) is 0 Å². The summed E-state index contributed by atoms with van der Waals surface area (Å²) in [5.74, 6) is 1.08. The predicted octanol–water partition coefficient (Wildman–Crippen LogP) is 0.972. The molecule has 1 heterocycles. The number of imidazole rings is 1. The van der Waals surface area contributed by atoms with Gasteiger partial charge in [0.05, 0.1) is 0 Å². The molecule has 1 aromatic heterocycles. The summed E-state index contributed by atoms with van der Waals surface area (Å²) in [6.07, 6.45) is 3.85. The van der Waals surface area contributed by atoms with Crippen LogP contribution in [-0.4, -0.2) is 23.1 Å². The zero-order valence-electron chi connectivity index (χ0n) is 7.33. The average molecular weight is 153 g/mol. The van der Waals surface area contributed by atoms with Gasteiger partial charge >= 0.3 is 0 Å². The van der Waals surface area contributed by atoms with Crippen molar-refractivity contribution >= 4 is 0 Å². The lowest BCUT2D eigenvalue weighted by Crippen LogP contribution is -2.20. The highest BCUT2D eigenvalue weighted by atomic mass is 15.1. The maximum absolute atomic E-state index is 4.16. The van der Waals surface area contributed by atoms with Crippen molar-refractivity contribution in [1.29, 1.82) is 0 Å². The van der Waals surface area contributed by atoms with Gasteiger partial charge in [-0.05, 0) is 20.9 Å². The van der Waals surface area contributed by atoms with E-state index in [2.05, 4.69) is 21.8 Å². The Kier molecular flexibility index (Phi) is 2.65. The number of rotatable bonds is 3. The van der Waals surface area contributed by atoms with E-state index in [1.54, 1.807) is 0 Å². The lowest BCUT2D eigenvalue weighted by Gasteiger charge is -2.13. The molecule has 0 aliphatic carbocycles. The molecule has 0 aromatic carbocycles. The van der Waals surface area contributed by atoms with Gasteiger partial charge in [-0.1, -0.05) is 0 Å². The fourth-order valence-electron chi connectivity index (χ4n) is 1.25. The van der Waals surface area contributed by atoms with E-state index in [1.807, 2.05) is 26.4 Å². The van der Waals surface area contributed by atoms with Crippen LogP contribution in [-0.2, 0) is 0 Å². The molecule has 3 heteroatoms. The van der Waals surface area contributed by atoms with E-state index >= 15 is 0 Å². The second-order valence-corrected chi connectivity index (χ2v) is 2.79. The molecule has 0 aliphatic rings. The van der Waals surface area contributed by atoms with Gasteiger partial charge in [-0.25, -0.2) is 4.98 Å². The van der Waals surface area contributed by atoms with Crippen LogP contribution in [0.2, 0.25) is 0 Å². The largest absolute Gasteiger partial charge is 0.331 e. The van der Waals surface area contributed by atoms with Gasteiger partial charge in [0.2, 0.25) is 0 Å². The fraction of sp³-hybridized carbons (Fsp3) is 0.625. The van der Waals surface area contributed by atoms with Crippen LogP contribution >= 0.6 is 0 Å². The molecule has 0 fully saturated rings. The summed E-state index contributed by atoms with van der Waals surface area (Å²) in [4.78, 5) is 4.16. The highest BCUT2D eigenvalue weighted by molar-refractivity contribution is 4.91. The number of aryl methyl sites for hydroxylation is 1. The van der Waals surface area contributed by atoms with E-state index in [-0.39, 0.29) is 0 Å². The Morgan fingerprint density at radius 1 is 1.73 bits per heavy atom. The smallest absolute Gasteiger partial charge is 0.105 e. The molecule has 1 aromatic rings. The van der Waals surface area contributed by atoms with E-state index < -0.39 is 0 Å². The Morgan fingerprint density at radius 3 is 2.91 bits per heavy atom. The minimum Gasteiger partial charge on any atom is -0.331 e. The number of hydrogen-bond donors (Lipinski definition) is 1. The van der Waals surface area contributed by atoms with Crippen molar-refractivity contribution in [2.24, 2.45) is 0 Å². The third-order valence-electron chi connectivity index (χ3n) is 1.84. The summed E-state index contributed by atoms with van der Waals surface area (Å²) in [5, 5.41) is 3.13. The van der Waals surface area contributed by atoms with Gasteiger partial charge in [0, 0.05) is 25.0 Å². The third-order valence-corrected chi connectivity index (χ3v) is 1.84. The minimum absolute atomic E-state index is 0.488. The molecule has 0 bridgehead atoms. The Morgan fingerprint density at radius 2 is 2.45 bits per heavy atom. The van der Waals surface area contributed by atoms with Crippen LogP contribution in [0.5, 0.6) is 0 Å². The van der Waals surface area contributed by atoms with Crippen LogP contribution in [0.25, 0.3) is 0 Å². The number of likely N-dealkylation sites (N-methyl/N-ethyl adjacent to an activating group) is 1. The molecule has 0 saturated heterocycles. The highest BCUT2D eigenvalue weighted by Gasteiger charge is 2.04. The molecule has 62 valence electrons. The Balaban J connectivity index is 2.67. The molecule has 0 radical (unpaired) electrons. The van der Waals surface area contributed by atoms with Gasteiger partial charge in [0.1, 0.15) is 5.82 Å². The second kappa shape index (κ2) is 3.53. The first-order valence-electron chi connectivity index (χ1n) is 3.89. The monoisotopic (exact) mass is 153 g/mol. The predicted molar refractivity (Wildman–Crippen MR) is 45.6 cm³/mol. The Bertz CT molecular complexity index is 217. The maximum Gasteiger partial charge on any atom is 0.105 e. The SMILES string of the molecule is CNCC(C)n1ccnc1C. The van der Waals surface area contributed by atoms with Gasteiger partial charge in [0.15, 0.2) is 0 Å². The number of nitrogens with zero attached hydrogens (tertiary/aromatic N) is 2. The summed E-state index contributed by atoms with van der Waals surface area (Å²) < 4.78 is 2.16. The van der Waals surface area contributed by atoms with Crippen LogP contribution in [0.15, 0.2) is 12.4 Å². The lowest BCUT2D eigenvalue weighted by molar-refractivity contribution is 0.507. The molecule has 0 saturated carbocycles.